The molecule has 0 radical (unpaired) electrons. The number of carbonyl (C=O) groups is 1. The molecule has 0 saturated carbocycles. The number of nitrogens with zero attached hydrogens (tertiary/aromatic N) is 3. The Morgan fingerprint density at radius 1 is 1.26 bits per heavy atom. The average Bonchev–Trinajstić information content (AvgIpc) is 3.13. The molecular formula is C18H10ClF2N3O3. The van der Waals surface area contributed by atoms with E-state index in [4.69, 9.17) is 21.1 Å². The van der Waals surface area contributed by atoms with Crippen LogP contribution in [-0.2, 0) is 0 Å². The van der Waals surface area contributed by atoms with E-state index in [-0.39, 0.29) is 44.8 Å². The molecule has 0 atom stereocenters. The molecule has 0 aliphatic carbocycles. The fourth-order valence-electron chi connectivity index (χ4n) is 2.83. The standard InChI is InChI=1S/C18H10ClF2N3O3/c1-8-22-17(21)15(27-8)10-3-2-4-11(20)13(10)14-16(19)24-6-5-9(18(25)26)7-12(24)23-14/h2-7H,1H3,(H,25,26). The molecule has 3 heterocycles. The number of pyridine rings is 1. The first kappa shape index (κ1) is 17.2. The first-order valence-electron chi connectivity index (χ1n) is 7.70. The van der Waals surface area contributed by atoms with Crippen LogP contribution in [0.1, 0.15) is 16.2 Å². The normalized spacial score (nSPS) is 11.3. The number of halogens is 3. The molecule has 6 nitrogen and oxygen atoms in total. The maximum absolute atomic E-state index is 14.7. The van der Waals surface area contributed by atoms with Crippen molar-refractivity contribution in [3.63, 3.8) is 0 Å². The molecule has 0 saturated heterocycles. The molecule has 0 amide bonds. The Hall–Kier alpha value is -3.26. The van der Waals surface area contributed by atoms with Crippen LogP contribution in [0.5, 0.6) is 0 Å². The van der Waals surface area contributed by atoms with Gasteiger partial charge in [0.1, 0.15) is 22.3 Å². The number of rotatable bonds is 3. The first-order valence-corrected chi connectivity index (χ1v) is 8.07. The van der Waals surface area contributed by atoms with Gasteiger partial charge < -0.3 is 9.52 Å². The molecule has 0 fully saturated rings. The van der Waals surface area contributed by atoms with Gasteiger partial charge in [0.15, 0.2) is 11.7 Å². The fourth-order valence-corrected chi connectivity index (χ4v) is 3.11. The van der Waals surface area contributed by atoms with Crippen molar-refractivity contribution in [2.45, 2.75) is 6.92 Å². The lowest BCUT2D eigenvalue weighted by molar-refractivity contribution is 0.0697. The summed E-state index contributed by atoms with van der Waals surface area (Å²) in [7, 11) is 0. The number of hydrogen-bond donors (Lipinski definition) is 1. The Labute approximate surface area is 155 Å². The second kappa shape index (κ2) is 6.17. The molecule has 0 aliphatic heterocycles. The van der Waals surface area contributed by atoms with Gasteiger partial charge in [0.2, 0.25) is 0 Å². The Bertz CT molecular complexity index is 1220. The molecule has 136 valence electrons. The van der Waals surface area contributed by atoms with Gasteiger partial charge in [-0.25, -0.2) is 14.2 Å². The van der Waals surface area contributed by atoms with Crippen molar-refractivity contribution in [2.24, 2.45) is 0 Å². The molecule has 0 spiro atoms. The zero-order valence-electron chi connectivity index (χ0n) is 13.7. The first-order chi connectivity index (χ1) is 12.9. The Morgan fingerprint density at radius 3 is 2.70 bits per heavy atom. The minimum Gasteiger partial charge on any atom is -0.478 e. The minimum absolute atomic E-state index is 0.00128. The summed E-state index contributed by atoms with van der Waals surface area (Å²) in [4.78, 5) is 19.0. The van der Waals surface area contributed by atoms with Crippen LogP contribution in [0.2, 0.25) is 5.15 Å². The maximum Gasteiger partial charge on any atom is 0.335 e. The number of benzene rings is 1. The minimum atomic E-state index is -1.14. The van der Waals surface area contributed by atoms with E-state index < -0.39 is 17.7 Å². The van der Waals surface area contributed by atoms with Crippen molar-refractivity contribution in [3.05, 3.63) is 64.9 Å². The van der Waals surface area contributed by atoms with Crippen LogP contribution in [-0.4, -0.2) is 25.4 Å². The van der Waals surface area contributed by atoms with E-state index in [0.717, 1.165) is 0 Å². The second-order valence-electron chi connectivity index (χ2n) is 5.72. The smallest absolute Gasteiger partial charge is 0.335 e. The van der Waals surface area contributed by atoms with Gasteiger partial charge in [-0.1, -0.05) is 23.7 Å². The summed E-state index contributed by atoms with van der Waals surface area (Å²) in [6, 6.07) is 6.69. The van der Waals surface area contributed by atoms with Gasteiger partial charge >= 0.3 is 5.97 Å². The molecule has 3 aromatic heterocycles. The third-order valence-electron chi connectivity index (χ3n) is 4.00. The molecule has 0 aliphatic rings. The van der Waals surface area contributed by atoms with E-state index >= 15 is 0 Å². The number of carboxylic acids is 1. The highest BCUT2D eigenvalue weighted by Crippen LogP contribution is 2.39. The largest absolute Gasteiger partial charge is 0.478 e. The van der Waals surface area contributed by atoms with Gasteiger partial charge in [0.05, 0.1) is 11.1 Å². The van der Waals surface area contributed by atoms with Gasteiger partial charge in [-0.3, -0.25) is 4.40 Å². The lowest BCUT2D eigenvalue weighted by atomic mass is 10.0. The molecular weight excluding hydrogens is 380 g/mol. The third-order valence-corrected chi connectivity index (χ3v) is 4.36. The van der Waals surface area contributed by atoms with Crippen LogP contribution >= 0.6 is 11.6 Å². The number of fused-ring (bicyclic) bond motifs is 1. The SMILES string of the molecule is Cc1nc(F)c(-c2cccc(F)c2-c2nc3cc(C(=O)O)ccn3c2Cl)o1. The molecule has 0 unspecified atom stereocenters. The van der Waals surface area contributed by atoms with Crippen LogP contribution < -0.4 is 0 Å². The number of carboxylic acid groups (broad SMARTS) is 1. The molecule has 4 rings (SSSR count). The highest BCUT2D eigenvalue weighted by atomic mass is 35.5. The number of aryl methyl sites for hydroxylation is 1. The molecule has 1 aromatic carbocycles. The number of aromatic nitrogens is 3. The Morgan fingerprint density at radius 2 is 2.04 bits per heavy atom. The van der Waals surface area contributed by atoms with E-state index in [1.165, 1.54) is 47.9 Å². The summed E-state index contributed by atoms with van der Waals surface area (Å²) in [5.41, 5.74) is 0.260. The zero-order valence-corrected chi connectivity index (χ0v) is 14.5. The topological polar surface area (TPSA) is 80.6 Å². The predicted octanol–water partition coefficient (Wildman–Crippen LogP) is 4.59. The van der Waals surface area contributed by atoms with E-state index in [2.05, 4.69) is 9.97 Å². The van der Waals surface area contributed by atoms with Gasteiger partial charge in [-0.15, -0.1) is 0 Å². The summed E-state index contributed by atoms with van der Waals surface area (Å²) < 4.78 is 35.5. The zero-order chi connectivity index (χ0) is 19.3. The average molecular weight is 390 g/mol. The van der Waals surface area contributed by atoms with Crippen LogP contribution in [0.4, 0.5) is 8.78 Å². The number of oxazole rings is 1. The van der Waals surface area contributed by atoms with E-state index in [9.17, 15) is 13.6 Å². The third kappa shape index (κ3) is 2.74. The van der Waals surface area contributed by atoms with Gasteiger partial charge in [0, 0.05) is 18.7 Å². The van der Waals surface area contributed by atoms with Crippen LogP contribution in [0.15, 0.2) is 40.9 Å². The molecule has 27 heavy (non-hydrogen) atoms. The second-order valence-corrected chi connectivity index (χ2v) is 6.07. The van der Waals surface area contributed by atoms with Crippen molar-refractivity contribution in [1.29, 1.82) is 0 Å². The summed E-state index contributed by atoms with van der Waals surface area (Å²) in [5.74, 6) is -2.85. The summed E-state index contributed by atoms with van der Waals surface area (Å²) in [5, 5.41) is 9.16. The lowest BCUT2D eigenvalue weighted by Gasteiger charge is -2.07. The van der Waals surface area contributed by atoms with Gasteiger partial charge in [-0.05, 0) is 18.2 Å². The van der Waals surface area contributed by atoms with E-state index in [1.54, 1.807) is 0 Å². The Balaban J connectivity index is 2.00. The number of hydrogen-bond acceptors (Lipinski definition) is 4. The van der Waals surface area contributed by atoms with Crippen molar-refractivity contribution in [1.82, 2.24) is 14.4 Å². The van der Waals surface area contributed by atoms with Crippen molar-refractivity contribution >= 4 is 23.2 Å². The van der Waals surface area contributed by atoms with Crippen molar-refractivity contribution in [2.75, 3.05) is 0 Å². The van der Waals surface area contributed by atoms with Crippen molar-refractivity contribution in [3.8, 4) is 22.6 Å². The fraction of sp³-hybridized carbons (Fsp3) is 0.0556. The van der Waals surface area contributed by atoms with E-state index in [1.807, 2.05) is 0 Å². The van der Waals surface area contributed by atoms with Crippen LogP contribution in [0, 0.1) is 18.7 Å². The number of aromatic carboxylic acids is 1. The van der Waals surface area contributed by atoms with Crippen LogP contribution in [0.25, 0.3) is 28.2 Å². The summed E-state index contributed by atoms with van der Waals surface area (Å²) in [6.45, 7) is 1.47. The molecule has 9 heteroatoms. The molecule has 1 N–H and O–H groups in total. The number of imidazole rings is 1. The summed E-state index contributed by atoms with van der Waals surface area (Å²) in [6.07, 6.45) is 1.41. The maximum atomic E-state index is 14.7. The Kier molecular flexibility index (Phi) is 3.92. The summed E-state index contributed by atoms with van der Waals surface area (Å²) >= 11 is 6.35. The van der Waals surface area contributed by atoms with Gasteiger partial charge in [0.25, 0.3) is 5.95 Å². The molecule has 0 bridgehead atoms. The highest BCUT2D eigenvalue weighted by molar-refractivity contribution is 6.32. The lowest BCUT2D eigenvalue weighted by Crippen LogP contribution is -1.97. The predicted molar refractivity (Wildman–Crippen MR) is 92.7 cm³/mol. The van der Waals surface area contributed by atoms with Gasteiger partial charge in [-0.2, -0.15) is 9.37 Å². The highest BCUT2D eigenvalue weighted by Gasteiger charge is 2.24. The van der Waals surface area contributed by atoms with E-state index in [0.29, 0.717) is 0 Å². The van der Waals surface area contributed by atoms with Crippen molar-refractivity contribution < 1.29 is 23.1 Å². The quantitative estimate of drug-likeness (QED) is 0.554. The van der Waals surface area contributed by atoms with Crippen LogP contribution in [0.3, 0.4) is 0 Å². The monoisotopic (exact) mass is 389 g/mol. The molecule has 4 aromatic rings.